The Kier molecular flexibility index (Phi) is 8.18. The van der Waals surface area contributed by atoms with Crippen molar-refractivity contribution in [2.75, 3.05) is 44.1 Å². The summed E-state index contributed by atoms with van der Waals surface area (Å²) in [6.45, 7) is 3.30. The van der Waals surface area contributed by atoms with Crippen molar-refractivity contribution >= 4 is 61.1 Å². The van der Waals surface area contributed by atoms with Gasteiger partial charge in [-0.25, -0.2) is 4.21 Å². The summed E-state index contributed by atoms with van der Waals surface area (Å²) in [4.78, 5) is 19.4. The second-order valence-corrected chi connectivity index (χ2v) is 12.8. The molecule has 0 spiro atoms. The number of pyridine rings is 1. The van der Waals surface area contributed by atoms with Crippen LogP contribution in [0.1, 0.15) is 29.1 Å². The molecule has 13 heteroatoms. The normalized spacial score (nSPS) is 15.9. The summed E-state index contributed by atoms with van der Waals surface area (Å²) in [5.41, 5.74) is 2.43. The van der Waals surface area contributed by atoms with Crippen LogP contribution in [0.4, 0.5) is 11.4 Å². The third-order valence-electron chi connectivity index (χ3n) is 6.65. The van der Waals surface area contributed by atoms with Crippen LogP contribution in [-0.2, 0) is 9.73 Å². The highest BCUT2D eigenvalue weighted by molar-refractivity contribution is 7.93. The van der Waals surface area contributed by atoms with Crippen molar-refractivity contribution < 1.29 is 18.5 Å². The molecule has 0 radical (unpaired) electrons. The number of hydrogen-bond acceptors (Lipinski definition) is 8. The van der Waals surface area contributed by atoms with E-state index < -0.39 is 21.7 Å². The molecule has 5 rings (SSSR count). The number of ether oxygens (including phenoxy) is 2. The zero-order valence-electron chi connectivity index (χ0n) is 22.1. The van der Waals surface area contributed by atoms with E-state index in [2.05, 4.69) is 29.8 Å². The largest absolute Gasteiger partial charge is 0.494 e. The number of amides is 1. The highest BCUT2D eigenvalue weighted by atomic mass is 35.5. The molecule has 1 aliphatic heterocycles. The molecule has 3 heterocycles. The van der Waals surface area contributed by atoms with Crippen LogP contribution in [0.25, 0.3) is 10.9 Å². The van der Waals surface area contributed by atoms with E-state index in [1.807, 2.05) is 14.0 Å². The number of methoxy groups -OCH3 is 1. The van der Waals surface area contributed by atoms with Crippen LogP contribution < -0.4 is 14.8 Å². The number of rotatable bonds is 7. The molecular formula is C27H28Cl2N6O4S. The average Bonchev–Trinajstić information content (AvgIpc) is 3.35. The van der Waals surface area contributed by atoms with Gasteiger partial charge in [0, 0.05) is 54.0 Å². The van der Waals surface area contributed by atoms with Crippen molar-refractivity contribution in [2.45, 2.75) is 13.0 Å². The van der Waals surface area contributed by atoms with E-state index in [9.17, 15) is 9.00 Å². The topological polar surface area (TPSA) is 122 Å². The maximum absolute atomic E-state index is 13.3. The van der Waals surface area contributed by atoms with Crippen LogP contribution in [0.2, 0.25) is 10.0 Å². The van der Waals surface area contributed by atoms with Crippen molar-refractivity contribution in [3.63, 3.8) is 0 Å². The molecule has 2 aromatic heterocycles. The highest BCUT2D eigenvalue weighted by Gasteiger charge is 2.21. The zero-order chi connectivity index (χ0) is 28.4. The van der Waals surface area contributed by atoms with Crippen molar-refractivity contribution in [3.8, 4) is 11.5 Å². The number of fused-ring (bicyclic) bond motifs is 1. The van der Waals surface area contributed by atoms with E-state index >= 15 is 0 Å². The van der Waals surface area contributed by atoms with Gasteiger partial charge in [0.25, 0.3) is 5.91 Å². The monoisotopic (exact) mass is 602 g/mol. The summed E-state index contributed by atoms with van der Waals surface area (Å²) in [5.74, 6) is 1.49. The summed E-state index contributed by atoms with van der Waals surface area (Å²) >= 11 is 12.6. The quantitative estimate of drug-likeness (QED) is 0.278. The molecule has 1 unspecified atom stereocenters. The van der Waals surface area contributed by atoms with Gasteiger partial charge >= 0.3 is 0 Å². The van der Waals surface area contributed by atoms with Crippen molar-refractivity contribution in [1.82, 2.24) is 20.1 Å². The number of hydrogen-bond donors (Lipinski definition) is 2. The first kappa shape index (κ1) is 28.2. The Morgan fingerprint density at radius 2 is 1.88 bits per heavy atom. The number of carbonyl (C=O) groups excluding carboxylic acids is 1. The number of aromatic nitrogens is 3. The minimum Gasteiger partial charge on any atom is -0.494 e. The molecule has 1 saturated heterocycles. The number of anilines is 1. The van der Waals surface area contributed by atoms with Crippen LogP contribution in [0, 0.1) is 0 Å². The zero-order valence-corrected chi connectivity index (χ0v) is 24.4. The fraction of sp³-hybridized carbons (Fsp3) is 0.296. The van der Waals surface area contributed by atoms with Crippen LogP contribution in [-0.4, -0.2) is 69.0 Å². The minimum absolute atomic E-state index is 0.179. The van der Waals surface area contributed by atoms with Crippen LogP contribution in [0.5, 0.6) is 11.5 Å². The van der Waals surface area contributed by atoms with Gasteiger partial charge in [-0.15, -0.1) is 0 Å². The van der Waals surface area contributed by atoms with Gasteiger partial charge in [-0.2, -0.15) is 9.46 Å². The summed E-state index contributed by atoms with van der Waals surface area (Å²) in [5, 5.41) is 11.3. The third-order valence-corrected chi connectivity index (χ3v) is 9.44. The first-order valence-corrected chi connectivity index (χ1v) is 15.1. The number of benzene rings is 2. The fourth-order valence-electron chi connectivity index (χ4n) is 4.43. The number of carbonyl (C=O) groups is 1. The van der Waals surface area contributed by atoms with Gasteiger partial charge in [0.05, 0.1) is 43.8 Å². The molecule has 1 atom stereocenters. The van der Waals surface area contributed by atoms with Crippen molar-refractivity contribution in [2.24, 2.45) is 4.36 Å². The first-order valence-electron chi connectivity index (χ1n) is 12.5. The number of H-pyrrole nitrogens is 1. The molecule has 210 valence electrons. The van der Waals surface area contributed by atoms with Gasteiger partial charge in [0.15, 0.2) is 5.69 Å². The molecule has 40 heavy (non-hydrogen) atoms. The molecule has 1 fully saturated rings. The van der Waals surface area contributed by atoms with E-state index in [0.29, 0.717) is 60.9 Å². The average molecular weight is 604 g/mol. The van der Waals surface area contributed by atoms with E-state index in [1.54, 1.807) is 36.4 Å². The first-order chi connectivity index (χ1) is 19.2. The summed E-state index contributed by atoms with van der Waals surface area (Å²) in [6, 6.07) is 10.3. The number of halogens is 2. The number of nitrogens with zero attached hydrogens (tertiary/aromatic N) is 4. The second kappa shape index (κ2) is 11.6. The number of aromatic amines is 1. The molecule has 1 aliphatic rings. The van der Waals surface area contributed by atoms with Crippen molar-refractivity contribution in [3.05, 3.63) is 70.1 Å². The van der Waals surface area contributed by atoms with Gasteiger partial charge in [-0.05, 0) is 44.3 Å². The molecule has 1 amide bonds. The molecule has 2 aromatic carbocycles. The highest BCUT2D eigenvalue weighted by Crippen LogP contribution is 2.34. The smallest absolute Gasteiger partial charge is 0.276 e. The Labute approximate surface area is 242 Å². The summed E-state index contributed by atoms with van der Waals surface area (Å²) in [6.07, 6.45) is 2.55. The predicted octanol–water partition coefficient (Wildman–Crippen LogP) is 5.71. The Morgan fingerprint density at radius 3 is 2.58 bits per heavy atom. The third kappa shape index (κ3) is 6.02. The lowest BCUT2D eigenvalue weighted by atomic mass is 10.1. The molecule has 10 nitrogen and oxygen atoms in total. The molecule has 0 bridgehead atoms. The van der Waals surface area contributed by atoms with E-state index in [1.165, 1.54) is 19.5 Å². The molecular weight excluding hydrogens is 575 g/mol. The van der Waals surface area contributed by atoms with Gasteiger partial charge in [-0.1, -0.05) is 23.2 Å². The standard InChI is InChI=1S/C27H28Cl2N6O4S/c1-16(25-20(28)14-30-15-21(25)29)39-18-5-7-22-19(13-18)26(33-32-22)27(36)31-23-6-4-17(12-24(23)38-3)34-40(37)10-8-35(2)9-11-40/h4-7,12-16H,8-11H2,1-3H3,(H,31,36)(H,32,33). The fourth-order valence-corrected chi connectivity index (χ4v) is 7.18. The van der Waals surface area contributed by atoms with Crippen LogP contribution >= 0.6 is 23.2 Å². The Morgan fingerprint density at radius 1 is 1.15 bits per heavy atom. The van der Waals surface area contributed by atoms with E-state index in [0.717, 1.165) is 13.1 Å². The Balaban J connectivity index is 1.36. The van der Waals surface area contributed by atoms with E-state index in [4.69, 9.17) is 32.7 Å². The summed E-state index contributed by atoms with van der Waals surface area (Å²) < 4.78 is 29.3. The SMILES string of the molecule is COc1cc(N=S2(=O)CCN(C)CC2)ccc1NC(=O)c1n[nH]c2ccc(OC(C)c3c(Cl)cncc3Cl)cc12. The maximum Gasteiger partial charge on any atom is 0.276 e. The minimum atomic E-state index is -2.34. The van der Waals surface area contributed by atoms with Crippen LogP contribution in [0.15, 0.2) is 53.2 Å². The lowest BCUT2D eigenvalue weighted by molar-refractivity contribution is 0.102. The molecule has 0 aliphatic carbocycles. The van der Waals surface area contributed by atoms with Crippen molar-refractivity contribution in [1.29, 1.82) is 0 Å². The van der Waals surface area contributed by atoms with Crippen LogP contribution in [0.3, 0.4) is 0 Å². The van der Waals surface area contributed by atoms with Gasteiger partial charge < -0.3 is 19.7 Å². The Bertz CT molecular complexity index is 1670. The van der Waals surface area contributed by atoms with Gasteiger partial charge in [-0.3, -0.25) is 14.9 Å². The number of nitrogens with one attached hydrogen (secondary N) is 2. The summed E-state index contributed by atoms with van der Waals surface area (Å²) in [7, 11) is 1.17. The molecule has 4 aromatic rings. The maximum atomic E-state index is 13.3. The van der Waals surface area contributed by atoms with E-state index in [-0.39, 0.29) is 5.69 Å². The lowest BCUT2D eigenvalue weighted by Crippen LogP contribution is -2.37. The molecule has 2 N–H and O–H groups in total. The second-order valence-electron chi connectivity index (χ2n) is 9.47. The lowest BCUT2D eigenvalue weighted by Gasteiger charge is -2.24. The predicted molar refractivity (Wildman–Crippen MR) is 158 cm³/mol. The van der Waals surface area contributed by atoms with Gasteiger partial charge in [0.2, 0.25) is 0 Å². The Hall–Kier alpha value is -3.38. The van der Waals surface area contributed by atoms with Gasteiger partial charge in [0.1, 0.15) is 17.6 Å². The molecule has 0 saturated carbocycles.